The molecule has 0 aliphatic heterocycles. The largest absolute Gasteiger partial charge is 0.508 e. The third-order valence-corrected chi connectivity index (χ3v) is 2.96. The summed E-state index contributed by atoms with van der Waals surface area (Å²) in [5, 5.41) is 22.8. The zero-order valence-electron chi connectivity index (χ0n) is 12.6. The number of nitrogens with zero attached hydrogens (tertiary/aromatic N) is 1. The summed E-state index contributed by atoms with van der Waals surface area (Å²) in [6.45, 7) is 3.61. The molecule has 23 heavy (non-hydrogen) atoms. The van der Waals surface area contributed by atoms with Crippen LogP contribution in [0.25, 0.3) is 0 Å². The van der Waals surface area contributed by atoms with Crippen LogP contribution in [0.5, 0.6) is 5.75 Å². The molecule has 122 valence electrons. The summed E-state index contributed by atoms with van der Waals surface area (Å²) in [7, 11) is 0. The van der Waals surface area contributed by atoms with E-state index in [1.165, 1.54) is 12.1 Å². The first-order chi connectivity index (χ1) is 11.1. The second-order valence-corrected chi connectivity index (χ2v) is 4.61. The predicted molar refractivity (Wildman–Crippen MR) is 83.6 cm³/mol. The van der Waals surface area contributed by atoms with Gasteiger partial charge in [-0.1, -0.05) is 18.2 Å². The van der Waals surface area contributed by atoms with Crippen LogP contribution in [0.2, 0.25) is 0 Å². The molecule has 0 fully saturated rings. The number of nitriles is 1. The molecular formula is C16H19N3O4. The van der Waals surface area contributed by atoms with Gasteiger partial charge in [0.1, 0.15) is 12.3 Å². The fourth-order valence-electron chi connectivity index (χ4n) is 1.79. The van der Waals surface area contributed by atoms with Crippen molar-refractivity contribution in [1.82, 2.24) is 10.6 Å². The minimum absolute atomic E-state index is 0.00889. The molecule has 1 atom stereocenters. The summed E-state index contributed by atoms with van der Waals surface area (Å²) >= 11 is 0. The average molecular weight is 317 g/mol. The first-order valence-corrected chi connectivity index (χ1v) is 7.03. The Morgan fingerprint density at radius 2 is 2.04 bits per heavy atom. The molecule has 1 aromatic carbocycles. The number of carbonyl (C=O) groups is 2. The van der Waals surface area contributed by atoms with Crippen molar-refractivity contribution >= 4 is 12.0 Å². The maximum atomic E-state index is 12.1. The molecule has 7 nitrogen and oxygen atoms in total. The van der Waals surface area contributed by atoms with Gasteiger partial charge in [0.25, 0.3) is 0 Å². The molecule has 0 saturated carbocycles. The summed E-state index contributed by atoms with van der Waals surface area (Å²) in [5.74, 6) is -1.03. The molecule has 1 rings (SSSR count). The first-order valence-electron chi connectivity index (χ1n) is 7.03. The number of hydrogen-bond donors (Lipinski definition) is 3. The van der Waals surface area contributed by atoms with E-state index in [0.29, 0.717) is 12.0 Å². The fraction of sp³-hybridized carbons (Fsp3) is 0.312. The van der Waals surface area contributed by atoms with Gasteiger partial charge in [0.05, 0.1) is 18.6 Å². The van der Waals surface area contributed by atoms with Gasteiger partial charge < -0.3 is 20.5 Å². The fourth-order valence-corrected chi connectivity index (χ4v) is 1.79. The van der Waals surface area contributed by atoms with Crippen LogP contribution in [-0.4, -0.2) is 36.8 Å². The molecule has 2 amide bonds. The SMILES string of the molecule is C=CCCOC(=O)NCC(C(=O)NCC#N)c1ccc(O)cc1. The molecule has 1 aromatic rings. The molecule has 3 N–H and O–H groups in total. The van der Waals surface area contributed by atoms with Crippen molar-refractivity contribution in [3.63, 3.8) is 0 Å². The van der Waals surface area contributed by atoms with Crippen molar-refractivity contribution < 1.29 is 19.4 Å². The van der Waals surface area contributed by atoms with E-state index in [4.69, 9.17) is 10.00 Å². The normalized spacial score (nSPS) is 10.9. The maximum Gasteiger partial charge on any atom is 0.407 e. The first kappa shape index (κ1) is 18.0. The molecule has 0 saturated heterocycles. The predicted octanol–water partition coefficient (Wildman–Crippen LogP) is 1.42. The topological polar surface area (TPSA) is 111 Å². The minimum atomic E-state index is -0.698. The Bertz CT molecular complexity index is 578. The lowest BCUT2D eigenvalue weighted by Gasteiger charge is -2.17. The molecule has 7 heteroatoms. The number of carbonyl (C=O) groups excluding carboxylic acids is 2. The number of phenolic OH excluding ortho intramolecular Hbond substituents is 1. The van der Waals surface area contributed by atoms with Crippen LogP contribution in [0, 0.1) is 11.3 Å². The smallest absolute Gasteiger partial charge is 0.407 e. The molecule has 0 aromatic heterocycles. The van der Waals surface area contributed by atoms with Gasteiger partial charge in [-0.05, 0) is 24.1 Å². The molecule has 0 heterocycles. The highest BCUT2D eigenvalue weighted by Gasteiger charge is 2.21. The summed E-state index contributed by atoms with van der Waals surface area (Å²) in [4.78, 5) is 23.7. The van der Waals surface area contributed by atoms with Crippen LogP contribution < -0.4 is 10.6 Å². The summed E-state index contributed by atoms with van der Waals surface area (Å²) in [6.07, 6.45) is 1.53. The van der Waals surface area contributed by atoms with Crippen LogP contribution in [0.1, 0.15) is 17.9 Å². The van der Waals surface area contributed by atoms with Crippen molar-refractivity contribution in [2.75, 3.05) is 19.7 Å². The second-order valence-electron chi connectivity index (χ2n) is 4.61. The molecule has 0 radical (unpaired) electrons. The summed E-state index contributed by atoms with van der Waals surface area (Å²) in [5.41, 5.74) is 0.602. The zero-order chi connectivity index (χ0) is 17.1. The van der Waals surface area contributed by atoms with Gasteiger partial charge in [0.2, 0.25) is 5.91 Å². The van der Waals surface area contributed by atoms with E-state index < -0.39 is 17.9 Å². The highest BCUT2D eigenvalue weighted by atomic mass is 16.5. The molecule has 0 spiro atoms. The lowest BCUT2D eigenvalue weighted by Crippen LogP contribution is -2.37. The van der Waals surface area contributed by atoms with Crippen molar-refractivity contribution in [2.45, 2.75) is 12.3 Å². The number of amides is 2. The van der Waals surface area contributed by atoms with Crippen molar-refractivity contribution in [1.29, 1.82) is 5.26 Å². The van der Waals surface area contributed by atoms with E-state index in [9.17, 15) is 14.7 Å². The van der Waals surface area contributed by atoms with E-state index in [1.54, 1.807) is 18.2 Å². The van der Waals surface area contributed by atoms with Crippen LogP contribution in [0.15, 0.2) is 36.9 Å². The van der Waals surface area contributed by atoms with Crippen molar-refractivity contribution in [3.05, 3.63) is 42.5 Å². The highest BCUT2D eigenvalue weighted by Crippen LogP contribution is 2.18. The van der Waals surface area contributed by atoms with Gasteiger partial charge in [0, 0.05) is 6.54 Å². The van der Waals surface area contributed by atoms with Crippen LogP contribution >= 0.6 is 0 Å². The second kappa shape index (κ2) is 9.84. The van der Waals surface area contributed by atoms with E-state index in [0.717, 1.165) is 0 Å². The molecular weight excluding hydrogens is 298 g/mol. The van der Waals surface area contributed by atoms with Gasteiger partial charge in [0.15, 0.2) is 0 Å². The van der Waals surface area contributed by atoms with Gasteiger partial charge in [-0.25, -0.2) is 4.79 Å². The lowest BCUT2D eigenvalue weighted by atomic mass is 9.98. The number of aromatic hydroxyl groups is 1. The van der Waals surface area contributed by atoms with Crippen LogP contribution in [-0.2, 0) is 9.53 Å². The number of rotatable bonds is 8. The van der Waals surface area contributed by atoms with Crippen molar-refractivity contribution in [3.8, 4) is 11.8 Å². The Kier molecular flexibility index (Phi) is 7.72. The standard InChI is InChI=1S/C16H19N3O4/c1-2-3-10-23-16(22)19-11-14(15(21)18-9-8-17)12-4-6-13(20)7-5-12/h2,4-7,14,20H,1,3,9-11H2,(H,18,21)(H,19,22). The number of alkyl carbamates (subject to hydrolysis) is 1. The Morgan fingerprint density at radius 3 is 2.65 bits per heavy atom. The molecule has 0 aliphatic rings. The Balaban J connectivity index is 2.70. The van der Waals surface area contributed by atoms with Crippen LogP contribution in [0.3, 0.4) is 0 Å². The third kappa shape index (κ3) is 6.52. The number of benzene rings is 1. The highest BCUT2D eigenvalue weighted by molar-refractivity contribution is 5.84. The van der Waals surface area contributed by atoms with Gasteiger partial charge in [-0.3, -0.25) is 4.79 Å². The maximum absolute atomic E-state index is 12.1. The van der Waals surface area contributed by atoms with E-state index in [-0.39, 0.29) is 25.4 Å². The van der Waals surface area contributed by atoms with Gasteiger partial charge in [-0.15, -0.1) is 6.58 Å². The van der Waals surface area contributed by atoms with E-state index in [1.807, 2.05) is 6.07 Å². The van der Waals surface area contributed by atoms with Crippen molar-refractivity contribution in [2.24, 2.45) is 0 Å². The molecule has 1 unspecified atom stereocenters. The van der Waals surface area contributed by atoms with E-state index >= 15 is 0 Å². The Morgan fingerprint density at radius 1 is 1.35 bits per heavy atom. The zero-order valence-corrected chi connectivity index (χ0v) is 12.6. The molecule has 0 bridgehead atoms. The summed E-state index contributed by atoms with van der Waals surface area (Å²) < 4.78 is 4.90. The average Bonchev–Trinajstić information content (AvgIpc) is 2.55. The van der Waals surface area contributed by atoms with Gasteiger partial charge >= 0.3 is 6.09 Å². The van der Waals surface area contributed by atoms with Gasteiger partial charge in [-0.2, -0.15) is 5.26 Å². The Hall–Kier alpha value is -3.01. The number of ether oxygens (including phenoxy) is 1. The van der Waals surface area contributed by atoms with E-state index in [2.05, 4.69) is 17.2 Å². The molecule has 0 aliphatic carbocycles. The lowest BCUT2D eigenvalue weighted by molar-refractivity contribution is -0.122. The monoisotopic (exact) mass is 317 g/mol. The number of hydrogen-bond acceptors (Lipinski definition) is 5. The number of phenols is 1. The third-order valence-electron chi connectivity index (χ3n) is 2.96. The Labute approximate surface area is 134 Å². The minimum Gasteiger partial charge on any atom is -0.508 e. The number of nitrogens with one attached hydrogen (secondary N) is 2. The quantitative estimate of drug-likeness (QED) is 0.381. The van der Waals surface area contributed by atoms with Crippen LogP contribution in [0.4, 0.5) is 4.79 Å². The summed E-state index contributed by atoms with van der Waals surface area (Å²) in [6, 6.07) is 7.87.